The Morgan fingerprint density at radius 1 is 1.40 bits per heavy atom. The molecule has 0 amide bonds. The lowest BCUT2D eigenvalue weighted by Gasteiger charge is -2.09. The van der Waals surface area contributed by atoms with Gasteiger partial charge in [-0.1, -0.05) is 0 Å². The molecule has 1 unspecified atom stereocenters. The lowest BCUT2D eigenvalue weighted by Crippen LogP contribution is -2.39. The number of hydrogen-bond acceptors (Lipinski definition) is 4. The van der Waals surface area contributed by atoms with E-state index in [1.165, 1.54) is 22.4 Å². The van der Waals surface area contributed by atoms with Gasteiger partial charge >= 0.3 is 5.69 Å². The molecule has 0 fully saturated rings. The normalized spacial score (nSPS) is 15.3. The van der Waals surface area contributed by atoms with Gasteiger partial charge in [0.1, 0.15) is 0 Å². The second kappa shape index (κ2) is 5.62. The molecule has 7 heteroatoms. The van der Waals surface area contributed by atoms with Gasteiger partial charge in [0.2, 0.25) is 0 Å². The number of imidazole rings is 1. The van der Waals surface area contributed by atoms with Crippen molar-refractivity contribution in [1.29, 1.82) is 0 Å². The molecule has 1 atom stereocenters. The van der Waals surface area contributed by atoms with Crippen LogP contribution in [-0.2, 0) is 20.6 Å². The van der Waals surface area contributed by atoms with Crippen LogP contribution in [0, 0.1) is 0 Å². The average Bonchev–Trinajstić information content (AvgIpc) is 2.76. The quantitative estimate of drug-likeness (QED) is 0.781. The van der Waals surface area contributed by atoms with Crippen LogP contribution in [0.3, 0.4) is 0 Å². The van der Waals surface area contributed by atoms with Crippen LogP contribution in [0.4, 0.5) is 0 Å². The smallest absolute Gasteiger partial charge is 0.332 e. The van der Waals surface area contributed by atoms with Gasteiger partial charge in [-0.3, -0.25) is 13.9 Å². The average molecular weight is 281 g/mol. The van der Waals surface area contributed by atoms with E-state index in [0.717, 1.165) is 0 Å². The first kappa shape index (κ1) is 13.1. The molecule has 20 heavy (non-hydrogen) atoms. The third-order valence-corrected chi connectivity index (χ3v) is 3.37. The third kappa shape index (κ3) is 2.53. The first-order valence-corrected chi connectivity index (χ1v) is 6.55. The Labute approximate surface area is 117 Å². The monoisotopic (exact) mass is 281 g/mol. The Kier molecular flexibility index (Phi) is 3.68. The maximum absolute atomic E-state index is 12.4. The zero-order chi connectivity index (χ0) is 15.8. The van der Waals surface area contributed by atoms with Crippen molar-refractivity contribution >= 4 is 11.2 Å². The Hall–Kier alpha value is -1.89. The number of unbranched alkanes of at least 4 members (excludes halogenated alkanes) is 1. The summed E-state index contributed by atoms with van der Waals surface area (Å²) in [5, 5.41) is 9.34. The van der Waals surface area contributed by atoms with E-state index in [1.54, 1.807) is 18.7 Å². The number of aliphatic hydroxyl groups is 1. The predicted octanol–water partition coefficient (Wildman–Crippen LogP) is -0.0152. The molecule has 0 saturated heterocycles. The molecular formula is C13H20N4O3. The highest BCUT2D eigenvalue weighted by molar-refractivity contribution is 5.69. The Morgan fingerprint density at radius 3 is 2.75 bits per heavy atom. The van der Waals surface area contributed by atoms with Gasteiger partial charge in [0, 0.05) is 20.6 Å². The van der Waals surface area contributed by atoms with E-state index < -0.39 is 11.8 Å². The Bertz CT molecular complexity index is 767. The maximum Gasteiger partial charge on any atom is 0.332 e. The zero-order valence-corrected chi connectivity index (χ0v) is 12.0. The van der Waals surface area contributed by atoms with E-state index in [-0.39, 0.29) is 12.1 Å². The van der Waals surface area contributed by atoms with E-state index >= 15 is 0 Å². The molecule has 0 bridgehead atoms. The van der Waals surface area contributed by atoms with Gasteiger partial charge in [-0.2, -0.15) is 0 Å². The van der Waals surface area contributed by atoms with Crippen molar-refractivity contribution < 1.29 is 6.48 Å². The van der Waals surface area contributed by atoms with Crippen LogP contribution in [0.2, 0.25) is 0 Å². The lowest BCUT2D eigenvalue weighted by molar-refractivity contribution is 0.180. The highest BCUT2D eigenvalue weighted by Crippen LogP contribution is 2.04. The zero-order valence-electron chi connectivity index (χ0n) is 13.0. The summed E-state index contributed by atoms with van der Waals surface area (Å²) < 4.78 is 11.5. The molecule has 1 N–H and O–H groups in total. The van der Waals surface area contributed by atoms with Crippen molar-refractivity contribution in [2.75, 3.05) is 0 Å². The van der Waals surface area contributed by atoms with Crippen molar-refractivity contribution in [2.24, 2.45) is 14.1 Å². The number of aromatic nitrogens is 4. The number of rotatable bonds is 5. The van der Waals surface area contributed by atoms with Gasteiger partial charge in [-0.25, -0.2) is 9.78 Å². The van der Waals surface area contributed by atoms with E-state index in [9.17, 15) is 14.7 Å². The molecule has 0 aliphatic heterocycles. The first-order valence-electron chi connectivity index (χ1n) is 7.05. The van der Waals surface area contributed by atoms with Crippen molar-refractivity contribution in [3.63, 3.8) is 0 Å². The number of fused-ring (bicyclic) bond motifs is 1. The van der Waals surface area contributed by atoms with Crippen LogP contribution in [0.1, 0.15) is 27.6 Å². The van der Waals surface area contributed by atoms with Gasteiger partial charge in [0.15, 0.2) is 11.2 Å². The fraction of sp³-hybridized carbons (Fsp3) is 0.615. The fourth-order valence-corrected chi connectivity index (χ4v) is 2.24. The Morgan fingerprint density at radius 2 is 2.10 bits per heavy atom. The summed E-state index contributed by atoms with van der Waals surface area (Å²) in [7, 11) is 3.30. The molecular weight excluding hydrogens is 260 g/mol. The molecule has 0 radical (unpaired) electrons. The number of aryl methyl sites for hydroxylation is 2. The second-order valence-electron chi connectivity index (χ2n) is 5.02. The van der Waals surface area contributed by atoms with E-state index in [4.69, 9.17) is 1.37 Å². The van der Waals surface area contributed by atoms with Gasteiger partial charge < -0.3 is 9.67 Å². The van der Waals surface area contributed by atoms with Crippen LogP contribution in [-0.4, -0.2) is 29.9 Å². The molecule has 2 aromatic heterocycles. The summed E-state index contributed by atoms with van der Waals surface area (Å²) in [5.41, 5.74) is 0.0111. The van der Waals surface area contributed by atoms with Gasteiger partial charge in [-0.05, 0) is 26.2 Å². The van der Waals surface area contributed by atoms with Crippen LogP contribution < -0.4 is 11.2 Å². The summed E-state index contributed by atoms with van der Waals surface area (Å²) in [5.74, 6) is 0. The molecule has 0 aliphatic carbocycles. The first-order chi connectivity index (χ1) is 9.72. The molecule has 0 aromatic carbocycles. The highest BCUT2D eigenvalue weighted by Gasteiger charge is 2.14. The van der Waals surface area contributed by atoms with Crippen molar-refractivity contribution in [3.8, 4) is 0 Å². The minimum absolute atomic E-state index is 0.267. The van der Waals surface area contributed by atoms with E-state index in [1.807, 2.05) is 0 Å². The van der Waals surface area contributed by atoms with Gasteiger partial charge in [0.25, 0.3) is 5.56 Å². The summed E-state index contributed by atoms with van der Waals surface area (Å²) in [6.07, 6.45) is 1.45. The van der Waals surface area contributed by atoms with Crippen molar-refractivity contribution in [1.82, 2.24) is 18.7 Å². The standard InChI is InChI=1S/C13H20N4O3/c1-9(18)6-4-5-7-17-12(19)10-11(14-8-15(10)2)16(3)13(17)20/h8-9,18H,4-7H2,1-3H3/i9D. The lowest BCUT2D eigenvalue weighted by atomic mass is 10.2. The molecule has 7 nitrogen and oxygen atoms in total. The molecule has 2 heterocycles. The third-order valence-electron chi connectivity index (χ3n) is 3.37. The minimum Gasteiger partial charge on any atom is -0.393 e. The van der Waals surface area contributed by atoms with Crippen LogP contribution >= 0.6 is 0 Å². The highest BCUT2D eigenvalue weighted by atomic mass is 16.3. The summed E-state index contributed by atoms with van der Waals surface area (Å²) in [4.78, 5) is 28.6. The van der Waals surface area contributed by atoms with E-state index in [0.29, 0.717) is 30.4 Å². The van der Waals surface area contributed by atoms with Gasteiger partial charge in [-0.15, -0.1) is 0 Å². The van der Waals surface area contributed by atoms with Crippen LogP contribution in [0.15, 0.2) is 15.9 Å². The number of hydrogen-bond donors (Lipinski definition) is 1. The summed E-state index contributed by atoms with van der Waals surface area (Å²) in [6.45, 7) is 1.68. The maximum atomic E-state index is 12.4. The van der Waals surface area contributed by atoms with Crippen LogP contribution in [0.5, 0.6) is 0 Å². The summed E-state index contributed by atoms with van der Waals surface area (Å²) in [6, 6.07) is 0. The molecule has 2 aromatic rings. The molecule has 110 valence electrons. The van der Waals surface area contributed by atoms with Crippen molar-refractivity contribution in [3.05, 3.63) is 27.2 Å². The SMILES string of the molecule is [2H]C(C)(O)CCCCn1c(=O)c2c(ncn2C)n(C)c1=O. The summed E-state index contributed by atoms with van der Waals surface area (Å²) >= 11 is 0. The molecule has 2 rings (SSSR count). The van der Waals surface area contributed by atoms with Crippen LogP contribution in [0.25, 0.3) is 11.2 Å². The second-order valence-corrected chi connectivity index (χ2v) is 5.02. The van der Waals surface area contributed by atoms with E-state index in [2.05, 4.69) is 4.98 Å². The fourth-order valence-electron chi connectivity index (χ4n) is 2.24. The molecule has 0 saturated carbocycles. The molecule has 0 spiro atoms. The minimum atomic E-state index is -1.47. The predicted molar refractivity (Wildman–Crippen MR) is 75.7 cm³/mol. The molecule has 0 aliphatic rings. The Balaban J connectivity index is 2.30. The van der Waals surface area contributed by atoms with Crippen molar-refractivity contribution in [2.45, 2.75) is 38.8 Å². The van der Waals surface area contributed by atoms with Gasteiger partial charge in [0.05, 0.1) is 13.8 Å². The number of nitrogens with zero attached hydrogens (tertiary/aromatic N) is 4. The largest absolute Gasteiger partial charge is 0.393 e. The topological polar surface area (TPSA) is 82.1 Å².